The molecule has 0 radical (unpaired) electrons. The number of nitrogens with zero attached hydrogens (tertiary/aromatic N) is 1. The number of hydrogen-bond donors (Lipinski definition) is 2. The predicted octanol–water partition coefficient (Wildman–Crippen LogP) is 1.63. The van der Waals surface area contributed by atoms with E-state index in [1.807, 2.05) is 24.3 Å². The van der Waals surface area contributed by atoms with E-state index in [0.717, 1.165) is 30.9 Å². The lowest BCUT2D eigenvalue weighted by Gasteiger charge is -2.10. The van der Waals surface area contributed by atoms with E-state index in [0.29, 0.717) is 0 Å². The third-order valence-electron chi connectivity index (χ3n) is 2.00. The summed E-state index contributed by atoms with van der Waals surface area (Å²) in [5, 5.41) is 3.33. The molecule has 0 unspecified atom stereocenters. The van der Waals surface area contributed by atoms with Crippen molar-refractivity contribution in [1.29, 1.82) is 0 Å². The van der Waals surface area contributed by atoms with Crippen molar-refractivity contribution in [2.75, 3.05) is 38.2 Å². The average molecular weight is 193 g/mol. The molecule has 0 heterocycles. The first-order valence-corrected chi connectivity index (χ1v) is 4.92. The zero-order chi connectivity index (χ0) is 10.4. The molecule has 78 valence electrons. The first-order valence-electron chi connectivity index (χ1n) is 4.92. The molecule has 1 aromatic carbocycles. The fraction of sp³-hybridized carbons (Fsp3) is 0.455. The molecule has 0 spiro atoms. The highest BCUT2D eigenvalue weighted by Gasteiger charge is 1.93. The molecule has 0 saturated carbocycles. The van der Waals surface area contributed by atoms with Crippen molar-refractivity contribution in [2.24, 2.45) is 0 Å². The highest BCUT2D eigenvalue weighted by Crippen LogP contribution is 2.11. The van der Waals surface area contributed by atoms with Crippen molar-refractivity contribution in [1.82, 2.24) is 4.90 Å². The Bertz CT molecular complexity index is 271. The lowest BCUT2D eigenvalue weighted by molar-refractivity contribution is 0.405. The Morgan fingerprint density at radius 1 is 1.36 bits per heavy atom. The molecule has 0 fully saturated rings. The molecular weight excluding hydrogens is 174 g/mol. The number of nitrogens with one attached hydrogen (secondary N) is 1. The summed E-state index contributed by atoms with van der Waals surface area (Å²) in [4.78, 5) is 2.18. The molecule has 3 heteroatoms. The van der Waals surface area contributed by atoms with E-state index in [1.54, 1.807) is 0 Å². The molecular formula is C11H19N3. The Kier molecular flexibility index (Phi) is 4.26. The number of nitrogen functional groups attached to an aromatic ring is 1. The van der Waals surface area contributed by atoms with Gasteiger partial charge in [-0.2, -0.15) is 0 Å². The zero-order valence-electron chi connectivity index (χ0n) is 8.96. The SMILES string of the molecule is CN(C)CCCNc1cccc(N)c1. The van der Waals surface area contributed by atoms with Gasteiger partial charge in [0.2, 0.25) is 0 Å². The number of rotatable bonds is 5. The fourth-order valence-electron chi connectivity index (χ4n) is 1.28. The monoisotopic (exact) mass is 193 g/mol. The second kappa shape index (κ2) is 5.50. The van der Waals surface area contributed by atoms with Gasteiger partial charge in [-0.15, -0.1) is 0 Å². The van der Waals surface area contributed by atoms with Gasteiger partial charge in [0.1, 0.15) is 0 Å². The molecule has 0 aromatic heterocycles. The molecule has 1 rings (SSSR count). The Morgan fingerprint density at radius 2 is 2.14 bits per heavy atom. The van der Waals surface area contributed by atoms with Gasteiger partial charge in [0, 0.05) is 17.9 Å². The van der Waals surface area contributed by atoms with Crippen LogP contribution in [0.15, 0.2) is 24.3 Å². The third kappa shape index (κ3) is 4.14. The Morgan fingerprint density at radius 3 is 2.79 bits per heavy atom. The number of anilines is 2. The zero-order valence-corrected chi connectivity index (χ0v) is 8.96. The smallest absolute Gasteiger partial charge is 0.0360 e. The van der Waals surface area contributed by atoms with Crippen LogP contribution in [-0.4, -0.2) is 32.1 Å². The van der Waals surface area contributed by atoms with Gasteiger partial charge >= 0.3 is 0 Å². The molecule has 0 atom stereocenters. The van der Waals surface area contributed by atoms with Gasteiger partial charge in [0.25, 0.3) is 0 Å². The van der Waals surface area contributed by atoms with E-state index in [2.05, 4.69) is 24.3 Å². The summed E-state index contributed by atoms with van der Waals surface area (Å²) < 4.78 is 0. The van der Waals surface area contributed by atoms with Crippen molar-refractivity contribution in [3.63, 3.8) is 0 Å². The molecule has 0 bridgehead atoms. The summed E-state index contributed by atoms with van der Waals surface area (Å²) >= 11 is 0. The maximum Gasteiger partial charge on any atom is 0.0360 e. The largest absolute Gasteiger partial charge is 0.399 e. The van der Waals surface area contributed by atoms with Crippen LogP contribution in [0.1, 0.15) is 6.42 Å². The maximum atomic E-state index is 5.66. The van der Waals surface area contributed by atoms with E-state index in [1.165, 1.54) is 0 Å². The Labute approximate surface area is 85.9 Å². The molecule has 14 heavy (non-hydrogen) atoms. The summed E-state index contributed by atoms with van der Waals surface area (Å²) in [6, 6.07) is 7.84. The summed E-state index contributed by atoms with van der Waals surface area (Å²) in [6.07, 6.45) is 1.14. The highest BCUT2D eigenvalue weighted by molar-refractivity contribution is 5.53. The van der Waals surface area contributed by atoms with Crippen LogP contribution in [0, 0.1) is 0 Å². The van der Waals surface area contributed by atoms with Crippen molar-refractivity contribution in [3.05, 3.63) is 24.3 Å². The second-order valence-electron chi connectivity index (χ2n) is 3.71. The first kappa shape index (κ1) is 10.9. The van der Waals surface area contributed by atoms with Gasteiger partial charge < -0.3 is 16.0 Å². The molecule has 0 aliphatic rings. The van der Waals surface area contributed by atoms with Crippen molar-refractivity contribution in [3.8, 4) is 0 Å². The van der Waals surface area contributed by atoms with Crippen LogP contribution in [0.5, 0.6) is 0 Å². The molecule has 0 aliphatic heterocycles. The van der Waals surface area contributed by atoms with Gasteiger partial charge in [0.05, 0.1) is 0 Å². The van der Waals surface area contributed by atoms with Gasteiger partial charge in [-0.05, 0) is 45.3 Å². The lowest BCUT2D eigenvalue weighted by Crippen LogP contribution is -2.16. The minimum absolute atomic E-state index is 0.808. The van der Waals surface area contributed by atoms with Crippen LogP contribution in [0.4, 0.5) is 11.4 Å². The third-order valence-corrected chi connectivity index (χ3v) is 2.00. The molecule has 0 saturated heterocycles. The topological polar surface area (TPSA) is 41.3 Å². The summed E-state index contributed by atoms with van der Waals surface area (Å²) in [6.45, 7) is 2.09. The van der Waals surface area contributed by atoms with Crippen LogP contribution in [-0.2, 0) is 0 Å². The van der Waals surface area contributed by atoms with Crippen molar-refractivity contribution in [2.45, 2.75) is 6.42 Å². The quantitative estimate of drug-likeness (QED) is 0.551. The molecule has 0 aliphatic carbocycles. The van der Waals surface area contributed by atoms with E-state index >= 15 is 0 Å². The average Bonchev–Trinajstić information content (AvgIpc) is 2.12. The minimum atomic E-state index is 0.808. The van der Waals surface area contributed by atoms with Crippen LogP contribution >= 0.6 is 0 Å². The van der Waals surface area contributed by atoms with E-state index in [9.17, 15) is 0 Å². The van der Waals surface area contributed by atoms with E-state index in [4.69, 9.17) is 5.73 Å². The molecule has 1 aromatic rings. The van der Waals surface area contributed by atoms with Crippen LogP contribution in [0.2, 0.25) is 0 Å². The van der Waals surface area contributed by atoms with E-state index < -0.39 is 0 Å². The fourth-order valence-corrected chi connectivity index (χ4v) is 1.28. The Balaban J connectivity index is 2.25. The summed E-state index contributed by atoms with van der Waals surface area (Å²) in [5.74, 6) is 0. The van der Waals surface area contributed by atoms with Gasteiger partial charge in [0.15, 0.2) is 0 Å². The summed E-state index contributed by atoms with van der Waals surface area (Å²) in [5.41, 5.74) is 7.57. The standard InChI is InChI=1S/C11H19N3/c1-14(2)8-4-7-13-11-6-3-5-10(12)9-11/h3,5-6,9,13H,4,7-8,12H2,1-2H3. The lowest BCUT2D eigenvalue weighted by atomic mass is 10.3. The maximum absolute atomic E-state index is 5.66. The van der Waals surface area contributed by atoms with Crippen LogP contribution in [0.25, 0.3) is 0 Å². The van der Waals surface area contributed by atoms with Gasteiger partial charge in [-0.25, -0.2) is 0 Å². The summed E-state index contributed by atoms with van der Waals surface area (Å²) in [7, 11) is 4.17. The number of nitrogens with two attached hydrogens (primary N) is 1. The van der Waals surface area contributed by atoms with E-state index in [-0.39, 0.29) is 0 Å². The predicted molar refractivity (Wildman–Crippen MR) is 62.5 cm³/mol. The van der Waals surface area contributed by atoms with Crippen LogP contribution < -0.4 is 11.1 Å². The Hall–Kier alpha value is -1.22. The van der Waals surface area contributed by atoms with Crippen molar-refractivity contribution >= 4 is 11.4 Å². The molecule has 0 amide bonds. The van der Waals surface area contributed by atoms with Gasteiger partial charge in [-0.3, -0.25) is 0 Å². The van der Waals surface area contributed by atoms with Gasteiger partial charge in [-0.1, -0.05) is 6.07 Å². The second-order valence-corrected chi connectivity index (χ2v) is 3.71. The highest BCUT2D eigenvalue weighted by atomic mass is 15.1. The first-order chi connectivity index (χ1) is 6.68. The van der Waals surface area contributed by atoms with Crippen molar-refractivity contribution < 1.29 is 0 Å². The number of benzene rings is 1. The van der Waals surface area contributed by atoms with Crippen LogP contribution in [0.3, 0.4) is 0 Å². The minimum Gasteiger partial charge on any atom is -0.399 e. The normalized spacial score (nSPS) is 10.5. The molecule has 3 nitrogen and oxygen atoms in total. The number of hydrogen-bond acceptors (Lipinski definition) is 3. The molecule has 3 N–H and O–H groups in total.